The monoisotopic (exact) mass is 297 g/mol. The van der Waals surface area contributed by atoms with Crippen molar-refractivity contribution in [2.75, 3.05) is 25.0 Å². The third-order valence-corrected chi connectivity index (χ3v) is 5.75. The molecule has 0 aliphatic carbocycles. The van der Waals surface area contributed by atoms with Crippen molar-refractivity contribution in [3.63, 3.8) is 0 Å². The molecule has 2 unspecified atom stereocenters. The highest BCUT2D eigenvalue weighted by Crippen LogP contribution is 2.30. The van der Waals surface area contributed by atoms with Crippen LogP contribution >= 0.6 is 0 Å². The van der Waals surface area contributed by atoms with E-state index in [2.05, 4.69) is 24.1 Å². The number of hydrogen-bond donors (Lipinski definition) is 1. The quantitative estimate of drug-likeness (QED) is 0.905. The minimum atomic E-state index is -3.46. The van der Waals surface area contributed by atoms with Crippen LogP contribution in [0.5, 0.6) is 0 Å². The standard InChI is InChI=1S/C14H23N3O2S/c1-4-7-15-14-13(6-5-8-16-14)20(18,19)17-9-11(2)12(3)10-17/h5-6,8,11-12H,4,7,9-10H2,1-3H3,(H,15,16). The lowest BCUT2D eigenvalue weighted by Crippen LogP contribution is -2.30. The molecule has 1 aliphatic heterocycles. The summed E-state index contributed by atoms with van der Waals surface area (Å²) in [6.07, 6.45) is 2.54. The first-order valence-electron chi connectivity index (χ1n) is 7.15. The number of nitrogens with one attached hydrogen (secondary N) is 1. The molecule has 112 valence electrons. The fourth-order valence-electron chi connectivity index (χ4n) is 2.39. The van der Waals surface area contributed by atoms with E-state index in [4.69, 9.17) is 0 Å². The van der Waals surface area contributed by atoms with E-state index in [9.17, 15) is 8.42 Å². The minimum Gasteiger partial charge on any atom is -0.369 e. The summed E-state index contributed by atoms with van der Waals surface area (Å²) < 4.78 is 27.1. The van der Waals surface area contributed by atoms with Crippen molar-refractivity contribution in [1.29, 1.82) is 0 Å². The second-order valence-corrected chi connectivity index (χ2v) is 7.46. The van der Waals surface area contributed by atoms with Gasteiger partial charge in [0, 0.05) is 25.8 Å². The maximum Gasteiger partial charge on any atom is 0.246 e. The van der Waals surface area contributed by atoms with Gasteiger partial charge in [-0.2, -0.15) is 4.31 Å². The molecule has 0 saturated carbocycles. The third-order valence-electron chi connectivity index (χ3n) is 3.89. The van der Waals surface area contributed by atoms with Crippen LogP contribution in [0, 0.1) is 11.8 Å². The van der Waals surface area contributed by atoms with Gasteiger partial charge in [0.15, 0.2) is 0 Å². The fraction of sp³-hybridized carbons (Fsp3) is 0.643. The Labute approximate surface area is 121 Å². The predicted octanol–water partition coefficient (Wildman–Crippen LogP) is 2.18. The molecular formula is C14H23N3O2S. The van der Waals surface area contributed by atoms with Gasteiger partial charge in [-0.3, -0.25) is 0 Å². The van der Waals surface area contributed by atoms with Crippen molar-refractivity contribution in [2.45, 2.75) is 32.1 Å². The first-order chi connectivity index (χ1) is 9.46. The zero-order valence-corrected chi connectivity index (χ0v) is 13.2. The summed E-state index contributed by atoms with van der Waals surface area (Å²) in [5, 5.41) is 3.10. The average Bonchev–Trinajstić information content (AvgIpc) is 2.77. The molecule has 20 heavy (non-hydrogen) atoms. The van der Waals surface area contributed by atoms with E-state index in [1.165, 1.54) is 0 Å². The summed E-state index contributed by atoms with van der Waals surface area (Å²) >= 11 is 0. The highest BCUT2D eigenvalue weighted by atomic mass is 32.2. The van der Waals surface area contributed by atoms with Crippen molar-refractivity contribution in [3.05, 3.63) is 18.3 Å². The van der Waals surface area contributed by atoms with Gasteiger partial charge in [0.25, 0.3) is 0 Å². The molecule has 1 aromatic rings. The van der Waals surface area contributed by atoms with Gasteiger partial charge < -0.3 is 5.32 Å². The summed E-state index contributed by atoms with van der Waals surface area (Å²) in [6.45, 7) is 8.12. The van der Waals surface area contributed by atoms with Crippen molar-refractivity contribution in [1.82, 2.24) is 9.29 Å². The van der Waals surface area contributed by atoms with Crippen LogP contribution in [0.15, 0.2) is 23.2 Å². The van der Waals surface area contributed by atoms with Gasteiger partial charge >= 0.3 is 0 Å². The van der Waals surface area contributed by atoms with Crippen LogP contribution in [0.2, 0.25) is 0 Å². The molecule has 5 nitrogen and oxygen atoms in total. The molecule has 0 spiro atoms. The molecule has 6 heteroatoms. The number of sulfonamides is 1. The van der Waals surface area contributed by atoms with Crippen LogP contribution in [-0.4, -0.2) is 37.3 Å². The Morgan fingerprint density at radius 3 is 2.60 bits per heavy atom. The van der Waals surface area contributed by atoms with Crippen molar-refractivity contribution in [2.24, 2.45) is 11.8 Å². The van der Waals surface area contributed by atoms with Gasteiger partial charge in [0.1, 0.15) is 10.7 Å². The molecule has 1 aliphatic rings. The zero-order valence-electron chi connectivity index (χ0n) is 12.3. The average molecular weight is 297 g/mol. The lowest BCUT2D eigenvalue weighted by atomic mass is 10.0. The van der Waals surface area contributed by atoms with Gasteiger partial charge in [-0.1, -0.05) is 20.8 Å². The van der Waals surface area contributed by atoms with Gasteiger partial charge in [-0.15, -0.1) is 0 Å². The van der Waals surface area contributed by atoms with Crippen LogP contribution in [0.25, 0.3) is 0 Å². The Morgan fingerprint density at radius 2 is 2.00 bits per heavy atom. The number of anilines is 1. The summed E-state index contributed by atoms with van der Waals surface area (Å²) in [5.74, 6) is 1.25. The SMILES string of the molecule is CCCNc1ncccc1S(=O)(=O)N1CC(C)C(C)C1. The fourth-order valence-corrected chi connectivity index (χ4v) is 4.15. The van der Waals surface area contributed by atoms with Gasteiger partial charge in [-0.25, -0.2) is 13.4 Å². The molecule has 0 aromatic carbocycles. The number of hydrogen-bond acceptors (Lipinski definition) is 4. The van der Waals surface area contributed by atoms with Crippen molar-refractivity contribution in [3.8, 4) is 0 Å². The second kappa shape index (κ2) is 6.10. The molecule has 0 bridgehead atoms. The molecule has 2 atom stereocenters. The molecule has 1 aromatic heterocycles. The molecule has 1 fully saturated rings. The molecule has 2 heterocycles. The molecular weight excluding hydrogens is 274 g/mol. The molecule has 2 rings (SSSR count). The van der Waals surface area contributed by atoms with Crippen LogP contribution in [0.1, 0.15) is 27.2 Å². The Balaban J connectivity index is 2.30. The Hall–Kier alpha value is -1.14. The number of pyridine rings is 1. The minimum absolute atomic E-state index is 0.287. The van der Waals surface area contributed by atoms with Crippen LogP contribution < -0.4 is 5.32 Å². The zero-order chi connectivity index (χ0) is 14.8. The number of nitrogens with zero attached hydrogens (tertiary/aromatic N) is 2. The lowest BCUT2D eigenvalue weighted by molar-refractivity contribution is 0.463. The van der Waals surface area contributed by atoms with E-state index >= 15 is 0 Å². The van der Waals surface area contributed by atoms with E-state index in [-0.39, 0.29) is 4.90 Å². The van der Waals surface area contributed by atoms with Gasteiger partial charge in [0.05, 0.1) is 0 Å². The summed E-state index contributed by atoms with van der Waals surface area (Å²) in [6, 6.07) is 3.31. The summed E-state index contributed by atoms with van der Waals surface area (Å²) in [5.41, 5.74) is 0. The van der Waals surface area contributed by atoms with Crippen LogP contribution in [-0.2, 0) is 10.0 Å². The molecule has 1 saturated heterocycles. The first kappa shape index (κ1) is 15.3. The molecule has 0 radical (unpaired) electrons. The van der Waals surface area contributed by atoms with Gasteiger partial charge in [0.2, 0.25) is 10.0 Å². The van der Waals surface area contributed by atoms with E-state index in [1.807, 2.05) is 6.92 Å². The van der Waals surface area contributed by atoms with E-state index in [1.54, 1.807) is 22.6 Å². The highest BCUT2D eigenvalue weighted by Gasteiger charge is 2.36. The first-order valence-corrected chi connectivity index (χ1v) is 8.59. The smallest absolute Gasteiger partial charge is 0.246 e. The number of rotatable bonds is 5. The van der Waals surface area contributed by atoms with E-state index in [0.717, 1.165) is 6.42 Å². The van der Waals surface area contributed by atoms with E-state index in [0.29, 0.717) is 37.3 Å². The maximum atomic E-state index is 12.8. The maximum absolute atomic E-state index is 12.8. The third kappa shape index (κ3) is 2.96. The van der Waals surface area contributed by atoms with Crippen LogP contribution in [0.4, 0.5) is 5.82 Å². The topological polar surface area (TPSA) is 62.3 Å². The Bertz CT molecular complexity index is 549. The predicted molar refractivity (Wildman–Crippen MR) is 80.1 cm³/mol. The summed E-state index contributed by atoms with van der Waals surface area (Å²) in [7, 11) is -3.46. The van der Waals surface area contributed by atoms with Crippen LogP contribution in [0.3, 0.4) is 0 Å². The highest BCUT2D eigenvalue weighted by molar-refractivity contribution is 7.89. The Morgan fingerprint density at radius 1 is 1.35 bits per heavy atom. The number of aromatic nitrogens is 1. The Kier molecular flexibility index (Phi) is 4.65. The second-order valence-electron chi connectivity index (χ2n) is 5.55. The lowest BCUT2D eigenvalue weighted by Gasteiger charge is -2.18. The molecule has 0 amide bonds. The van der Waals surface area contributed by atoms with E-state index < -0.39 is 10.0 Å². The largest absolute Gasteiger partial charge is 0.369 e. The summed E-state index contributed by atoms with van der Waals surface area (Å²) in [4.78, 5) is 4.46. The van der Waals surface area contributed by atoms with Crippen molar-refractivity contribution < 1.29 is 8.42 Å². The normalized spacial score (nSPS) is 23.9. The molecule has 1 N–H and O–H groups in total. The van der Waals surface area contributed by atoms with Gasteiger partial charge in [-0.05, 0) is 30.4 Å². The van der Waals surface area contributed by atoms with Crippen molar-refractivity contribution >= 4 is 15.8 Å².